The van der Waals surface area contributed by atoms with Crippen LogP contribution in [0.3, 0.4) is 0 Å². The monoisotopic (exact) mass is 458 g/mol. The minimum absolute atomic E-state index is 0. The molecule has 0 saturated carbocycles. The topological polar surface area (TPSA) is 49.3 Å². The van der Waals surface area contributed by atoms with Crippen LogP contribution in [-0.2, 0) is 13.0 Å². The van der Waals surface area contributed by atoms with Crippen molar-refractivity contribution in [3.63, 3.8) is 0 Å². The first-order valence-corrected chi connectivity index (χ1v) is 8.96. The third kappa shape index (κ3) is 7.61. The first-order chi connectivity index (χ1) is 11.2. The Morgan fingerprint density at radius 2 is 2.04 bits per heavy atom. The molecule has 0 fully saturated rings. The number of benzene rings is 1. The lowest BCUT2D eigenvalue weighted by molar-refractivity contribution is 0.692. The van der Waals surface area contributed by atoms with Gasteiger partial charge >= 0.3 is 0 Å². The highest BCUT2D eigenvalue weighted by Gasteiger charge is 2.00. The van der Waals surface area contributed by atoms with Gasteiger partial charge in [-0.1, -0.05) is 29.8 Å². The van der Waals surface area contributed by atoms with Gasteiger partial charge in [-0.05, 0) is 38.7 Å². The van der Waals surface area contributed by atoms with Gasteiger partial charge in [-0.15, -0.1) is 35.3 Å². The molecule has 24 heavy (non-hydrogen) atoms. The molecule has 6 heteroatoms. The molecule has 0 bridgehead atoms. The molecule has 0 unspecified atom stereocenters. The molecule has 0 aliphatic carbocycles. The molecule has 0 atom stereocenters. The predicted octanol–water partition coefficient (Wildman–Crippen LogP) is 4.07. The molecule has 2 rings (SSSR count). The first-order valence-electron chi connectivity index (χ1n) is 8.08. The van der Waals surface area contributed by atoms with E-state index in [1.54, 1.807) is 11.3 Å². The van der Waals surface area contributed by atoms with Gasteiger partial charge in [0.25, 0.3) is 0 Å². The van der Waals surface area contributed by atoms with Crippen LogP contribution in [-0.4, -0.2) is 24.5 Å². The molecule has 0 amide bonds. The zero-order valence-corrected chi connectivity index (χ0v) is 17.8. The summed E-state index contributed by atoms with van der Waals surface area (Å²) in [5, 5.41) is 10.1. The summed E-state index contributed by atoms with van der Waals surface area (Å²) in [7, 11) is 1.81. The molecule has 1 aromatic carbocycles. The highest BCUT2D eigenvalue weighted by atomic mass is 127. The van der Waals surface area contributed by atoms with E-state index in [2.05, 4.69) is 57.2 Å². The molecule has 0 saturated heterocycles. The van der Waals surface area contributed by atoms with E-state index in [1.165, 1.54) is 16.1 Å². The van der Waals surface area contributed by atoms with E-state index < -0.39 is 0 Å². The summed E-state index contributed by atoms with van der Waals surface area (Å²) in [4.78, 5) is 8.76. The van der Waals surface area contributed by atoms with E-state index in [4.69, 9.17) is 0 Å². The molecule has 0 aliphatic heterocycles. The van der Waals surface area contributed by atoms with Crippen molar-refractivity contribution in [1.29, 1.82) is 0 Å². The van der Waals surface area contributed by atoms with Gasteiger partial charge in [0.05, 0.1) is 5.01 Å². The number of hydrogen-bond acceptors (Lipinski definition) is 3. The van der Waals surface area contributed by atoms with Crippen LogP contribution >= 0.6 is 35.3 Å². The van der Waals surface area contributed by atoms with Crippen LogP contribution in [0.5, 0.6) is 0 Å². The number of aromatic nitrogens is 1. The summed E-state index contributed by atoms with van der Waals surface area (Å²) in [6.07, 6.45) is 3.33. The molecule has 132 valence electrons. The molecular weight excluding hydrogens is 431 g/mol. The van der Waals surface area contributed by atoms with E-state index >= 15 is 0 Å². The van der Waals surface area contributed by atoms with Crippen molar-refractivity contribution >= 4 is 41.3 Å². The second kappa shape index (κ2) is 11.4. The SMILES string of the molecule is CN=C(NCCCCc1nc(C)cs1)NCc1cccc(C)c1.I. The summed E-state index contributed by atoms with van der Waals surface area (Å²) < 4.78 is 0. The number of nitrogens with zero attached hydrogens (tertiary/aromatic N) is 2. The quantitative estimate of drug-likeness (QED) is 0.285. The van der Waals surface area contributed by atoms with E-state index in [0.29, 0.717) is 0 Å². The van der Waals surface area contributed by atoms with Gasteiger partial charge in [-0.25, -0.2) is 4.98 Å². The van der Waals surface area contributed by atoms with Gasteiger partial charge < -0.3 is 10.6 Å². The van der Waals surface area contributed by atoms with Crippen molar-refractivity contribution in [3.05, 3.63) is 51.5 Å². The average molecular weight is 458 g/mol. The number of unbranched alkanes of at least 4 members (excludes halogenated alkanes) is 1. The van der Waals surface area contributed by atoms with Crippen LogP contribution in [0.2, 0.25) is 0 Å². The Morgan fingerprint density at radius 3 is 2.71 bits per heavy atom. The zero-order valence-electron chi connectivity index (χ0n) is 14.6. The number of thiazole rings is 1. The third-order valence-electron chi connectivity index (χ3n) is 3.54. The van der Waals surface area contributed by atoms with Gasteiger partial charge in [0.1, 0.15) is 0 Å². The van der Waals surface area contributed by atoms with Crippen LogP contribution in [0.4, 0.5) is 0 Å². The number of hydrogen-bond donors (Lipinski definition) is 2. The zero-order chi connectivity index (χ0) is 16.5. The minimum atomic E-state index is 0. The highest BCUT2D eigenvalue weighted by molar-refractivity contribution is 14.0. The van der Waals surface area contributed by atoms with Crippen molar-refractivity contribution in [2.24, 2.45) is 4.99 Å². The Kier molecular flexibility index (Phi) is 9.94. The van der Waals surface area contributed by atoms with Crippen molar-refractivity contribution in [2.75, 3.05) is 13.6 Å². The molecular formula is C18H27IN4S. The summed E-state index contributed by atoms with van der Waals surface area (Å²) in [5.74, 6) is 0.858. The average Bonchev–Trinajstić information content (AvgIpc) is 2.95. The standard InChI is InChI=1S/C18H26N4S.HI/c1-14-7-6-8-16(11-14)12-21-18(19-3)20-10-5-4-9-17-22-15(2)13-23-17;/h6-8,11,13H,4-5,9-10,12H2,1-3H3,(H2,19,20,21);1H. The highest BCUT2D eigenvalue weighted by Crippen LogP contribution is 2.11. The van der Waals surface area contributed by atoms with Crippen molar-refractivity contribution in [1.82, 2.24) is 15.6 Å². The predicted molar refractivity (Wildman–Crippen MR) is 115 cm³/mol. The van der Waals surface area contributed by atoms with Crippen molar-refractivity contribution < 1.29 is 0 Å². The number of nitrogens with one attached hydrogen (secondary N) is 2. The van der Waals surface area contributed by atoms with Crippen LogP contribution in [0, 0.1) is 13.8 Å². The fourth-order valence-electron chi connectivity index (χ4n) is 2.35. The third-order valence-corrected chi connectivity index (χ3v) is 4.57. The lowest BCUT2D eigenvalue weighted by Gasteiger charge is -2.12. The maximum atomic E-state index is 4.49. The second-order valence-electron chi connectivity index (χ2n) is 5.68. The Labute approximate surface area is 166 Å². The molecule has 0 radical (unpaired) electrons. The van der Waals surface area contributed by atoms with Crippen molar-refractivity contribution in [3.8, 4) is 0 Å². The number of aryl methyl sites for hydroxylation is 3. The van der Waals surface area contributed by atoms with Gasteiger partial charge in [-0.3, -0.25) is 4.99 Å². The van der Waals surface area contributed by atoms with Gasteiger partial charge in [0, 0.05) is 31.2 Å². The maximum Gasteiger partial charge on any atom is 0.191 e. The van der Waals surface area contributed by atoms with E-state index in [1.807, 2.05) is 14.0 Å². The lowest BCUT2D eigenvalue weighted by Crippen LogP contribution is -2.37. The van der Waals surface area contributed by atoms with Crippen molar-refractivity contribution in [2.45, 2.75) is 39.7 Å². The molecule has 2 aromatic rings. The molecule has 0 aliphatic rings. The second-order valence-corrected chi connectivity index (χ2v) is 6.62. The van der Waals surface area contributed by atoms with Gasteiger partial charge in [-0.2, -0.15) is 0 Å². The Bertz CT molecular complexity index is 639. The molecule has 0 spiro atoms. The Hall–Kier alpha value is -1.15. The summed E-state index contributed by atoms with van der Waals surface area (Å²) in [5.41, 5.74) is 3.68. The van der Waals surface area contributed by atoms with E-state index in [9.17, 15) is 0 Å². The molecule has 2 N–H and O–H groups in total. The largest absolute Gasteiger partial charge is 0.356 e. The minimum Gasteiger partial charge on any atom is -0.356 e. The van der Waals surface area contributed by atoms with Crippen LogP contribution in [0.1, 0.15) is 34.7 Å². The molecule has 1 heterocycles. The summed E-state index contributed by atoms with van der Waals surface area (Å²) >= 11 is 1.76. The lowest BCUT2D eigenvalue weighted by atomic mass is 10.1. The van der Waals surface area contributed by atoms with Gasteiger partial charge in [0.15, 0.2) is 5.96 Å². The summed E-state index contributed by atoms with van der Waals surface area (Å²) in [6, 6.07) is 8.52. The molecule has 1 aromatic heterocycles. The van der Waals surface area contributed by atoms with Crippen LogP contribution < -0.4 is 10.6 Å². The number of halogens is 1. The number of guanidine groups is 1. The van der Waals surface area contributed by atoms with Gasteiger partial charge in [0.2, 0.25) is 0 Å². The molecule has 4 nitrogen and oxygen atoms in total. The Balaban J connectivity index is 0.00000288. The van der Waals surface area contributed by atoms with E-state index in [0.717, 1.165) is 44.0 Å². The van der Waals surface area contributed by atoms with E-state index in [-0.39, 0.29) is 24.0 Å². The van der Waals surface area contributed by atoms with Crippen LogP contribution in [0.15, 0.2) is 34.6 Å². The number of rotatable bonds is 7. The smallest absolute Gasteiger partial charge is 0.191 e. The summed E-state index contributed by atoms with van der Waals surface area (Å²) in [6.45, 7) is 5.88. The Morgan fingerprint density at radius 1 is 1.21 bits per heavy atom. The normalized spacial score (nSPS) is 11.0. The fraction of sp³-hybridized carbons (Fsp3) is 0.444. The maximum absolute atomic E-state index is 4.49. The number of aliphatic imine (C=N–C) groups is 1. The van der Waals surface area contributed by atoms with Crippen LogP contribution in [0.25, 0.3) is 0 Å². The first kappa shape index (κ1) is 20.9. The fourth-order valence-corrected chi connectivity index (χ4v) is 3.17.